The standard InChI is InChI=1S/C15H15F3N4O2/c16-15(17,18)11-2-1-3-12(10-11)22-5-4-13(20-22)19-14(23)21-6-8-24-9-7-21/h1-5,10H,6-9H2,(H,19,20,23). The number of rotatable bonds is 2. The monoisotopic (exact) mass is 340 g/mol. The van der Waals surface area contributed by atoms with E-state index in [-0.39, 0.29) is 17.5 Å². The second kappa shape index (κ2) is 6.52. The van der Waals surface area contributed by atoms with Crippen molar-refractivity contribution in [3.05, 3.63) is 42.1 Å². The van der Waals surface area contributed by atoms with Crippen LogP contribution in [0.5, 0.6) is 0 Å². The van der Waals surface area contributed by atoms with Gasteiger partial charge in [0.25, 0.3) is 0 Å². The molecule has 2 amide bonds. The second-order valence-electron chi connectivity index (χ2n) is 5.22. The van der Waals surface area contributed by atoms with Gasteiger partial charge >= 0.3 is 12.2 Å². The molecule has 0 spiro atoms. The Balaban J connectivity index is 1.72. The minimum Gasteiger partial charge on any atom is -0.378 e. The minimum atomic E-state index is -4.42. The first-order valence-electron chi connectivity index (χ1n) is 7.30. The van der Waals surface area contributed by atoms with Crippen LogP contribution in [0.3, 0.4) is 0 Å². The maximum absolute atomic E-state index is 12.8. The first-order chi connectivity index (χ1) is 11.4. The number of hydrogen-bond acceptors (Lipinski definition) is 3. The van der Waals surface area contributed by atoms with Crippen molar-refractivity contribution >= 4 is 11.8 Å². The number of nitrogens with one attached hydrogen (secondary N) is 1. The summed E-state index contributed by atoms with van der Waals surface area (Å²) in [4.78, 5) is 13.7. The zero-order valence-electron chi connectivity index (χ0n) is 12.6. The fourth-order valence-electron chi connectivity index (χ4n) is 2.31. The van der Waals surface area contributed by atoms with E-state index < -0.39 is 11.7 Å². The van der Waals surface area contributed by atoms with Crippen LogP contribution >= 0.6 is 0 Å². The Hall–Kier alpha value is -2.55. The van der Waals surface area contributed by atoms with Crippen molar-refractivity contribution in [1.29, 1.82) is 0 Å². The van der Waals surface area contributed by atoms with Gasteiger partial charge in [-0.05, 0) is 18.2 Å². The van der Waals surface area contributed by atoms with Crippen LogP contribution in [0.25, 0.3) is 5.69 Å². The molecule has 2 aromatic rings. The topological polar surface area (TPSA) is 59.4 Å². The third kappa shape index (κ3) is 3.67. The lowest BCUT2D eigenvalue weighted by Crippen LogP contribution is -2.43. The van der Waals surface area contributed by atoms with E-state index in [4.69, 9.17) is 4.74 Å². The molecule has 3 rings (SSSR count). The molecule has 1 aliphatic heterocycles. The first-order valence-corrected chi connectivity index (χ1v) is 7.30. The quantitative estimate of drug-likeness (QED) is 0.914. The lowest BCUT2D eigenvalue weighted by Gasteiger charge is -2.26. The Morgan fingerprint density at radius 3 is 2.67 bits per heavy atom. The highest BCUT2D eigenvalue weighted by atomic mass is 19.4. The summed E-state index contributed by atoms with van der Waals surface area (Å²) in [5.41, 5.74) is -0.494. The van der Waals surface area contributed by atoms with Crippen LogP contribution in [-0.4, -0.2) is 47.0 Å². The molecule has 128 valence electrons. The number of morpholine rings is 1. The van der Waals surface area contributed by atoms with E-state index in [2.05, 4.69) is 10.4 Å². The zero-order chi connectivity index (χ0) is 17.2. The number of anilines is 1. The number of carbonyl (C=O) groups is 1. The molecule has 1 aromatic carbocycles. The average molecular weight is 340 g/mol. The van der Waals surface area contributed by atoms with Crippen molar-refractivity contribution in [1.82, 2.24) is 14.7 Å². The molecule has 0 radical (unpaired) electrons. The zero-order valence-corrected chi connectivity index (χ0v) is 12.6. The molecule has 1 aromatic heterocycles. The number of aromatic nitrogens is 2. The van der Waals surface area contributed by atoms with Gasteiger partial charge in [0.05, 0.1) is 24.5 Å². The molecule has 1 N–H and O–H groups in total. The summed E-state index contributed by atoms with van der Waals surface area (Å²) in [6.45, 7) is 1.93. The van der Waals surface area contributed by atoms with Crippen LogP contribution in [0.15, 0.2) is 36.5 Å². The Morgan fingerprint density at radius 2 is 1.96 bits per heavy atom. The predicted molar refractivity (Wildman–Crippen MR) is 80.0 cm³/mol. The van der Waals surface area contributed by atoms with Gasteiger partial charge in [-0.2, -0.15) is 13.2 Å². The molecule has 1 aliphatic rings. The maximum atomic E-state index is 12.8. The lowest BCUT2D eigenvalue weighted by molar-refractivity contribution is -0.137. The highest BCUT2D eigenvalue weighted by Gasteiger charge is 2.30. The van der Waals surface area contributed by atoms with Gasteiger partial charge in [0.1, 0.15) is 0 Å². The van der Waals surface area contributed by atoms with Crippen LogP contribution in [-0.2, 0) is 10.9 Å². The van der Waals surface area contributed by atoms with E-state index in [1.807, 2.05) is 0 Å². The Morgan fingerprint density at radius 1 is 1.21 bits per heavy atom. The minimum absolute atomic E-state index is 0.261. The Labute approximate surface area is 135 Å². The number of nitrogens with zero attached hydrogens (tertiary/aromatic N) is 3. The third-order valence-electron chi connectivity index (χ3n) is 3.56. The molecule has 9 heteroatoms. The maximum Gasteiger partial charge on any atom is 0.416 e. The van der Waals surface area contributed by atoms with Gasteiger partial charge in [0, 0.05) is 25.4 Å². The Bertz CT molecular complexity index is 724. The lowest BCUT2D eigenvalue weighted by atomic mass is 10.2. The van der Waals surface area contributed by atoms with Crippen molar-refractivity contribution in [2.75, 3.05) is 31.6 Å². The summed E-state index contributed by atoms with van der Waals surface area (Å²) < 4.78 is 44.7. The highest BCUT2D eigenvalue weighted by molar-refractivity contribution is 5.88. The smallest absolute Gasteiger partial charge is 0.378 e. The number of halogens is 3. The van der Waals surface area contributed by atoms with Gasteiger partial charge < -0.3 is 9.64 Å². The summed E-state index contributed by atoms with van der Waals surface area (Å²) in [6, 6.07) is 6.03. The summed E-state index contributed by atoms with van der Waals surface area (Å²) in [5.74, 6) is 0.268. The van der Waals surface area contributed by atoms with Crippen molar-refractivity contribution in [3.8, 4) is 5.69 Å². The molecule has 0 saturated carbocycles. The molecule has 0 aliphatic carbocycles. The van der Waals surface area contributed by atoms with E-state index in [0.717, 1.165) is 12.1 Å². The van der Waals surface area contributed by atoms with Crippen molar-refractivity contribution in [3.63, 3.8) is 0 Å². The van der Waals surface area contributed by atoms with Crippen LogP contribution in [0, 0.1) is 0 Å². The molecule has 1 fully saturated rings. The van der Waals surface area contributed by atoms with Gasteiger partial charge in [-0.25, -0.2) is 9.48 Å². The number of carbonyl (C=O) groups excluding carboxylic acids is 1. The average Bonchev–Trinajstić information content (AvgIpc) is 3.03. The predicted octanol–water partition coefficient (Wildman–Crippen LogP) is 2.76. The molecule has 2 heterocycles. The van der Waals surface area contributed by atoms with Crippen molar-refractivity contribution < 1.29 is 22.7 Å². The molecular weight excluding hydrogens is 325 g/mol. The van der Waals surface area contributed by atoms with E-state index in [1.165, 1.54) is 29.1 Å². The summed E-state index contributed by atoms with van der Waals surface area (Å²) in [7, 11) is 0. The molecular formula is C15H15F3N4O2. The molecule has 0 atom stereocenters. The SMILES string of the molecule is O=C(Nc1ccn(-c2cccc(C(F)(F)F)c2)n1)N1CCOCC1. The summed E-state index contributed by atoms with van der Waals surface area (Å²) in [5, 5.41) is 6.72. The number of alkyl halides is 3. The van der Waals surface area contributed by atoms with Gasteiger partial charge in [0.15, 0.2) is 5.82 Å². The van der Waals surface area contributed by atoms with Crippen LogP contribution < -0.4 is 5.32 Å². The number of urea groups is 1. The van der Waals surface area contributed by atoms with Crippen LogP contribution in [0.1, 0.15) is 5.56 Å². The molecule has 0 unspecified atom stereocenters. The van der Waals surface area contributed by atoms with E-state index >= 15 is 0 Å². The summed E-state index contributed by atoms with van der Waals surface area (Å²) >= 11 is 0. The molecule has 6 nitrogen and oxygen atoms in total. The van der Waals surface area contributed by atoms with Crippen molar-refractivity contribution in [2.24, 2.45) is 0 Å². The van der Waals surface area contributed by atoms with Gasteiger partial charge in [-0.3, -0.25) is 5.32 Å². The number of ether oxygens (including phenoxy) is 1. The van der Waals surface area contributed by atoms with E-state index in [9.17, 15) is 18.0 Å². The highest BCUT2D eigenvalue weighted by Crippen LogP contribution is 2.30. The van der Waals surface area contributed by atoms with Gasteiger partial charge in [0.2, 0.25) is 0 Å². The van der Waals surface area contributed by atoms with Crippen LogP contribution in [0.4, 0.5) is 23.8 Å². The fourth-order valence-corrected chi connectivity index (χ4v) is 2.31. The van der Waals surface area contributed by atoms with E-state index in [0.29, 0.717) is 26.3 Å². The second-order valence-corrected chi connectivity index (χ2v) is 5.22. The van der Waals surface area contributed by atoms with Crippen molar-refractivity contribution in [2.45, 2.75) is 6.18 Å². The normalized spacial score (nSPS) is 15.4. The van der Waals surface area contributed by atoms with Crippen LogP contribution in [0.2, 0.25) is 0 Å². The summed E-state index contributed by atoms with van der Waals surface area (Å²) in [6.07, 6.45) is -2.93. The number of hydrogen-bond donors (Lipinski definition) is 1. The Kier molecular flexibility index (Phi) is 4.43. The fraction of sp³-hybridized carbons (Fsp3) is 0.333. The molecule has 1 saturated heterocycles. The number of benzene rings is 1. The first kappa shape index (κ1) is 16.3. The van der Waals surface area contributed by atoms with Gasteiger partial charge in [-0.1, -0.05) is 6.07 Å². The largest absolute Gasteiger partial charge is 0.416 e. The molecule has 0 bridgehead atoms. The van der Waals surface area contributed by atoms with Gasteiger partial charge in [-0.15, -0.1) is 5.10 Å². The third-order valence-corrected chi connectivity index (χ3v) is 3.56. The van der Waals surface area contributed by atoms with E-state index in [1.54, 1.807) is 4.90 Å². The number of amides is 2. The molecule has 24 heavy (non-hydrogen) atoms.